The van der Waals surface area contributed by atoms with E-state index in [1.54, 1.807) is 7.11 Å². The number of nitrogens with zero attached hydrogens (tertiary/aromatic N) is 1. The second-order valence-corrected chi connectivity index (χ2v) is 4.05. The van der Waals surface area contributed by atoms with E-state index in [9.17, 15) is 0 Å². The molecule has 2 saturated heterocycles. The highest BCUT2D eigenvalue weighted by atomic mass is 16.6. The Morgan fingerprint density at radius 3 is 2.92 bits per heavy atom. The summed E-state index contributed by atoms with van der Waals surface area (Å²) >= 11 is 0. The summed E-state index contributed by atoms with van der Waals surface area (Å²) in [4.78, 5) is 2.22. The summed E-state index contributed by atoms with van der Waals surface area (Å²) in [7, 11) is 3.78. The van der Waals surface area contributed by atoms with Gasteiger partial charge in [-0.2, -0.15) is 0 Å². The van der Waals surface area contributed by atoms with E-state index in [-0.39, 0.29) is 17.7 Å². The first kappa shape index (κ1) is 8.21. The summed E-state index contributed by atoms with van der Waals surface area (Å²) in [5, 5.41) is 0. The van der Waals surface area contributed by atoms with Crippen LogP contribution >= 0.6 is 0 Å². The fourth-order valence-electron chi connectivity index (χ4n) is 2.79. The molecule has 0 spiro atoms. The van der Waals surface area contributed by atoms with E-state index in [1.165, 1.54) is 0 Å². The summed E-state index contributed by atoms with van der Waals surface area (Å²) in [6, 6.07) is 0.430. The minimum atomic E-state index is -0.457. The Bertz CT molecular complexity index is 238. The fraction of sp³-hybridized carbons (Fsp3) is 1.00. The molecule has 3 heteroatoms. The zero-order valence-electron chi connectivity index (χ0n) is 9.78. The quantitative estimate of drug-likeness (QED) is 0.640. The highest BCUT2D eigenvalue weighted by Gasteiger charge is 2.61. The van der Waals surface area contributed by atoms with E-state index in [2.05, 4.69) is 25.8 Å². The standard InChI is InChI=1S/C10H19NO2/c1-5-10-7(2)11(3)8(6-13-10)9(10)12-4/h7-9H,5-6H2,1-4H3/t7-,8+,9+,10+/m1/s1/i6T/t6-,7+,8-,9-,10-/m0. The summed E-state index contributed by atoms with van der Waals surface area (Å²) in [5.74, 6) is 0. The van der Waals surface area contributed by atoms with E-state index in [1.807, 2.05) is 0 Å². The number of hydrogen-bond acceptors (Lipinski definition) is 3. The molecule has 13 heavy (non-hydrogen) atoms. The highest BCUT2D eigenvalue weighted by Crippen LogP contribution is 2.45. The third kappa shape index (κ3) is 0.953. The fourth-order valence-corrected chi connectivity index (χ4v) is 2.79. The van der Waals surface area contributed by atoms with Gasteiger partial charge in [-0.15, -0.1) is 0 Å². The smallest absolute Gasteiger partial charge is 0.111 e. The van der Waals surface area contributed by atoms with Crippen LogP contribution in [0.15, 0.2) is 0 Å². The molecule has 0 radical (unpaired) electrons. The van der Waals surface area contributed by atoms with Crippen molar-refractivity contribution in [3.05, 3.63) is 0 Å². The normalized spacial score (nSPS) is 57.1. The Morgan fingerprint density at radius 1 is 1.77 bits per heavy atom. The molecule has 2 rings (SSSR count). The number of hydrogen-bond donors (Lipinski definition) is 0. The molecule has 0 saturated carbocycles. The lowest BCUT2D eigenvalue weighted by atomic mass is 9.90. The second kappa shape index (κ2) is 2.94. The second-order valence-electron chi connectivity index (χ2n) is 4.05. The zero-order chi connectivity index (χ0) is 10.5. The van der Waals surface area contributed by atoms with Crippen molar-refractivity contribution in [2.75, 3.05) is 20.7 Å². The summed E-state index contributed by atoms with van der Waals surface area (Å²) in [6.07, 6.45) is 0.957. The van der Waals surface area contributed by atoms with Gasteiger partial charge in [-0.05, 0) is 20.4 Å². The first-order valence-corrected chi connectivity index (χ1v) is 4.93. The number of methoxy groups -OCH3 is 1. The maximum absolute atomic E-state index is 7.86. The van der Waals surface area contributed by atoms with Crippen molar-refractivity contribution in [1.82, 2.24) is 4.90 Å². The molecule has 3 nitrogen and oxygen atoms in total. The Balaban J connectivity index is 2.36. The number of likely N-dealkylation sites (N-methyl/N-ethyl adjacent to an activating group) is 1. The van der Waals surface area contributed by atoms with Gasteiger partial charge in [0.05, 0.1) is 14.0 Å². The van der Waals surface area contributed by atoms with Crippen molar-refractivity contribution < 1.29 is 10.8 Å². The van der Waals surface area contributed by atoms with Crippen molar-refractivity contribution in [1.29, 1.82) is 0 Å². The zero-order valence-corrected chi connectivity index (χ0v) is 8.78. The maximum Gasteiger partial charge on any atom is 0.111 e. The Kier molecular flexibility index (Phi) is 1.86. The van der Waals surface area contributed by atoms with E-state index >= 15 is 0 Å². The summed E-state index contributed by atoms with van der Waals surface area (Å²) in [5.41, 5.74) is -0.263. The van der Waals surface area contributed by atoms with Gasteiger partial charge >= 0.3 is 0 Å². The molecule has 0 N–H and O–H groups in total. The molecule has 76 valence electrons. The van der Waals surface area contributed by atoms with Crippen LogP contribution in [-0.2, 0) is 9.47 Å². The van der Waals surface area contributed by atoms with Gasteiger partial charge in [-0.25, -0.2) is 0 Å². The third-order valence-electron chi connectivity index (χ3n) is 3.81. The van der Waals surface area contributed by atoms with Crippen molar-refractivity contribution >= 4 is 0 Å². The topological polar surface area (TPSA) is 21.7 Å². The van der Waals surface area contributed by atoms with Gasteiger partial charge in [0.2, 0.25) is 0 Å². The summed E-state index contributed by atoms with van der Waals surface area (Å²) < 4.78 is 19.2. The third-order valence-corrected chi connectivity index (χ3v) is 3.81. The van der Waals surface area contributed by atoms with Crippen LogP contribution in [0.1, 0.15) is 21.6 Å². The van der Waals surface area contributed by atoms with Crippen LogP contribution < -0.4 is 0 Å². The van der Waals surface area contributed by atoms with Gasteiger partial charge in [0.25, 0.3) is 0 Å². The summed E-state index contributed by atoms with van der Waals surface area (Å²) in [6.45, 7) is 3.80. The molecule has 2 bridgehead atoms. The van der Waals surface area contributed by atoms with E-state index in [4.69, 9.17) is 10.8 Å². The van der Waals surface area contributed by atoms with Crippen LogP contribution in [0.5, 0.6) is 0 Å². The SMILES string of the molecule is [3H][C@@H]1O[C@]2(CC)[C@@H](OC)[C@H]1N(C)[C@@H]2C. The first-order valence-electron chi connectivity index (χ1n) is 5.51. The number of morpholine rings is 1. The average Bonchev–Trinajstić information content (AvgIpc) is 2.57. The molecule has 0 aromatic rings. The van der Waals surface area contributed by atoms with Gasteiger partial charge in [-0.3, -0.25) is 4.90 Å². The molecule has 5 atom stereocenters. The number of ether oxygens (including phenoxy) is 2. The monoisotopic (exact) mass is 187 g/mol. The molecule has 0 aromatic heterocycles. The number of rotatable bonds is 2. The lowest BCUT2D eigenvalue weighted by molar-refractivity contribution is -0.101. The average molecular weight is 187 g/mol. The van der Waals surface area contributed by atoms with Gasteiger partial charge < -0.3 is 9.47 Å². The molecule has 2 aliphatic heterocycles. The van der Waals surface area contributed by atoms with Crippen LogP contribution in [0.3, 0.4) is 0 Å². The van der Waals surface area contributed by atoms with Crippen molar-refractivity contribution in [3.63, 3.8) is 0 Å². The molecule has 2 aliphatic rings. The van der Waals surface area contributed by atoms with E-state index < -0.39 is 6.58 Å². The van der Waals surface area contributed by atoms with E-state index in [0.717, 1.165) is 6.42 Å². The molecule has 2 fully saturated rings. The van der Waals surface area contributed by atoms with Crippen molar-refractivity contribution in [2.24, 2.45) is 0 Å². The largest absolute Gasteiger partial charge is 0.377 e. The Labute approximate surface area is 81.4 Å². The minimum Gasteiger partial charge on any atom is -0.377 e. The highest BCUT2D eigenvalue weighted by molar-refractivity contribution is 5.14. The number of fused-ring (bicyclic) bond motifs is 2. The lowest BCUT2D eigenvalue weighted by Crippen LogP contribution is -2.49. The van der Waals surface area contributed by atoms with Crippen LogP contribution in [0.2, 0.25) is 0 Å². The van der Waals surface area contributed by atoms with E-state index in [0.29, 0.717) is 6.04 Å². The Hall–Kier alpha value is -0.120. The molecule has 2 heterocycles. The maximum atomic E-state index is 7.86. The molecular weight excluding hydrogens is 166 g/mol. The van der Waals surface area contributed by atoms with Crippen LogP contribution in [-0.4, -0.2) is 49.4 Å². The van der Waals surface area contributed by atoms with Crippen molar-refractivity contribution in [3.8, 4) is 0 Å². The van der Waals surface area contributed by atoms with Crippen LogP contribution in [0, 0.1) is 0 Å². The minimum absolute atomic E-state index is 0.0509. The van der Waals surface area contributed by atoms with Gasteiger partial charge in [0, 0.05) is 13.2 Å². The predicted molar refractivity (Wildman–Crippen MR) is 50.8 cm³/mol. The molecule has 0 unspecified atom stereocenters. The van der Waals surface area contributed by atoms with Crippen LogP contribution in [0.4, 0.5) is 0 Å². The molecule has 0 aliphatic carbocycles. The molecular formula is C10H19NO2. The molecule has 0 amide bonds. The van der Waals surface area contributed by atoms with Gasteiger partial charge in [-0.1, -0.05) is 6.92 Å². The predicted octanol–water partition coefficient (Wildman–Crippen LogP) is 0.883. The first-order chi connectivity index (χ1) is 6.58. The van der Waals surface area contributed by atoms with Gasteiger partial charge in [0.1, 0.15) is 11.7 Å². The van der Waals surface area contributed by atoms with Crippen molar-refractivity contribution in [2.45, 2.75) is 44.1 Å². The number of likely N-dealkylation sites (tertiary alicyclic amines) is 1. The Morgan fingerprint density at radius 2 is 2.46 bits per heavy atom. The van der Waals surface area contributed by atoms with Gasteiger partial charge in [0.15, 0.2) is 0 Å². The molecule has 0 aromatic carbocycles. The lowest BCUT2D eigenvalue weighted by Gasteiger charge is -2.37. The van der Waals surface area contributed by atoms with Crippen LogP contribution in [0.25, 0.3) is 0 Å².